The minimum absolute atomic E-state index is 0.495. The summed E-state index contributed by atoms with van der Waals surface area (Å²) in [5.41, 5.74) is 0.495. The fourth-order valence-electron chi connectivity index (χ4n) is 2.72. The highest BCUT2D eigenvalue weighted by molar-refractivity contribution is 7.11. The van der Waals surface area contributed by atoms with Gasteiger partial charge in [-0.05, 0) is 31.7 Å². The zero-order chi connectivity index (χ0) is 12.1. The molecule has 0 amide bonds. The van der Waals surface area contributed by atoms with Gasteiger partial charge in [-0.2, -0.15) is 0 Å². The van der Waals surface area contributed by atoms with Crippen molar-refractivity contribution in [1.82, 2.24) is 15.6 Å². The maximum absolute atomic E-state index is 4.29. The minimum Gasteiger partial charge on any atom is -0.316 e. The van der Waals surface area contributed by atoms with Crippen molar-refractivity contribution in [3.8, 4) is 0 Å². The second-order valence-electron chi connectivity index (χ2n) is 5.13. The molecule has 4 heteroatoms. The topological polar surface area (TPSA) is 37.0 Å². The van der Waals surface area contributed by atoms with E-state index < -0.39 is 0 Å². The third kappa shape index (κ3) is 3.50. The first-order valence-corrected chi connectivity index (χ1v) is 7.38. The van der Waals surface area contributed by atoms with Crippen LogP contribution in [0.5, 0.6) is 0 Å². The molecule has 0 aromatic carbocycles. The number of aryl methyl sites for hydroxylation is 1. The van der Waals surface area contributed by atoms with Crippen LogP contribution < -0.4 is 10.6 Å². The predicted octanol–water partition coefficient (Wildman–Crippen LogP) is 2.32. The average Bonchev–Trinajstić information content (AvgIpc) is 2.90. The Labute approximate surface area is 108 Å². The van der Waals surface area contributed by atoms with Gasteiger partial charge in [0.25, 0.3) is 0 Å². The Morgan fingerprint density at radius 2 is 2.47 bits per heavy atom. The second-order valence-corrected chi connectivity index (χ2v) is 6.45. The van der Waals surface area contributed by atoms with Crippen molar-refractivity contribution in [2.75, 3.05) is 19.6 Å². The molecule has 2 heterocycles. The standard InChI is InChI=1S/C13H23N3S/c1-3-4-13(5-6-14-9-13)10-15-7-12-8-16-11(2)17-12/h8,14-15H,3-7,9-10H2,1-2H3. The average molecular weight is 253 g/mol. The third-order valence-electron chi connectivity index (χ3n) is 3.58. The van der Waals surface area contributed by atoms with Crippen LogP contribution in [0.2, 0.25) is 0 Å². The third-order valence-corrected chi connectivity index (χ3v) is 4.49. The molecular weight excluding hydrogens is 230 g/mol. The van der Waals surface area contributed by atoms with Gasteiger partial charge in [-0.25, -0.2) is 4.98 Å². The van der Waals surface area contributed by atoms with Crippen LogP contribution in [0.25, 0.3) is 0 Å². The molecule has 1 fully saturated rings. The van der Waals surface area contributed by atoms with Gasteiger partial charge < -0.3 is 10.6 Å². The van der Waals surface area contributed by atoms with Gasteiger partial charge in [0.15, 0.2) is 0 Å². The molecule has 0 saturated carbocycles. The number of aromatic nitrogens is 1. The molecule has 2 rings (SSSR count). The number of thiazole rings is 1. The summed E-state index contributed by atoms with van der Waals surface area (Å²) in [4.78, 5) is 5.63. The molecule has 17 heavy (non-hydrogen) atoms. The lowest BCUT2D eigenvalue weighted by atomic mass is 9.82. The summed E-state index contributed by atoms with van der Waals surface area (Å²) < 4.78 is 0. The maximum Gasteiger partial charge on any atom is 0.0897 e. The fourth-order valence-corrected chi connectivity index (χ4v) is 3.48. The van der Waals surface area contributed by atoms with Gasteiger partial charge in [-0.3, -0.25) is 0 Å². The molecule has 3 nitrogen and oxygen atoms in total. The van der Waals surface area contributed by atoms with Gasteiger partial charge in [0.05, 0.1) is 5.01 Å². The Bertz CT molecular complexity index is 342. The van der Waals surface area contributed by atoms with Crippen molar-refractivity contribution in [3.05, 3.63) is 16.1 Å². The summed E-state index contributed by atoms with van der Waals surface area (Å²) in [6, 6.07) is 0. The van der Waals surface area contributed by atoms with Gasteiger partial charge in [0, 0.05) is 30.7 Å². The molecule has 1 aromatic rings. The lowest BCUT2D eigenvalue weighted by Gasteiger charge is -2.28. The van der Waals surface area contributed by atoms with E-state index in [1.165, 1.54) is 37.2 Å². The van der Waals surface area contributed by atoms with Gasteiger partial charge >= 0.3 is 0 Å². The van der Waals surface area contributed by atoms with E-state index >= 15 is 0 Å². The maximum atomic E-state index is 4.29. The molecule has 1 unspecified atom stereocenters. The summed E-state index contributed by atoms with van der Waals surface area (Å²) in [7, 11) is 0. The molecule has 96 valence electrons. The first-order chi connectivity index (χ1) is 8.24. The van der Waals surface area contributed by atoms with Crippen molar-refractivity contribution in [1.29, 1.82) is 0 Å². The Morgan fingerprint density at radius 1 is 1.59 bits per heavy atom. The summed E-state index contributed by atoms with van der Waals surface area (Å²) in [5.74, 6) is 0. The number of rotatable bonds is 6. The van der Waals surface area contributed by atoms with E-state index in [9.17, 15) is 0 Å². The van der Waals surface area contributed by atoms with E-state index in [0.717, 1.165) is 18.1 Å². The summed E-state index contributed by atoms with van der Waals surface area (Å²) >= 11 is 1.79. The van der Waals surface area contributed by atoms with Gasteiger partial charge in [-0.15, -0.1) is 11.3 Å². The SMILES string of the molecule is CCCC1(CNCc2cnc(C)s2)CCNC1. The van der Waals surface area contributed by atoms with Crippen molar-refractivity contribution < 1.29 is 0 Å². The smallest absolute Gasteiger partial charge is 0.0897 e. The number of nitrogens with zero attached hydrogens (tertiary/aromatic N) is 1. The first-order valence-electron chi connectivity index (χ1n) is 6.57. The zero-order valence-corrected chi connectivity index (χ0v) is 11.7. The van der Waals surface area contributed by atoms with Gasteiger partial charge in [0.1, 0.15) is 0 Å². The molecule has 1 aliphatic heterocycles. The van der Waals surface area contributed by atoms with Crippen LogP contribution in [0.4, 0.5) is 0 Å². The Morgan fingerprint density at radius 3 is 3.06 bits per heavy atom. The molecule has 1 saturated heterocycles. The molecule has 0 aliphatic carbocycles. The summed E-state index contributed by atoms with van der Waals surface area (Å²) in [6.07, 6.45) is 5.92. The van der Waals surface area contributed by atoms with Crippen LogP contribution in [-0.2, 0) is 6.54 Å². The number of hydrogen-bond acceptors (Lipinski definition) is 4. The van der Waals surface area contributed by atoms with Gasteiger partial charge in [0.2, 0.25) is 0 Å². The Balaban J connectivity index is 1.79. The first kappa shape index (κ1) is 13.0. The Kier molecular flexibility index (Phi) is 4.54. The second kappa shape index (κ2) is 5.94. The van der Waals surface area contributed by atoms with Crippen LogP contribution in [0.15, 0.2) is 6.20 Å². The molecule has 2 N–H and O–H groups in total. The van der Waals surface area contributed by atoms with Crippen molar-refractivity contribution in [3.63, 3.8) is 0 Å². The molecule has 1 aromatic heterocycles. The van der Waals surface area contributed by atoms with E-state index in [4.69, 9.17) is 0 Å². The van der Waals surface area contributed by atoms with E-state index in [1.807, 2.05) is 6.20 Å². The molecule has 0 bridgehead atoms. The highest BCUT2D eigenvalue weighted by atomic mass is 32.1. The normalized spacial score (nSPS) is 24.4. The summed E-state index contributed by atoms with van der Waals surface area (Å²) in [5, 5.41) is 8.27. The van der Waals surface area contributed by atoms with Crippen LogP contribution in [0.1, 0.15) is 36.1 Å². The van der Waals surface area contributed by atoms with Crippen molar-refractivity contribution >= 4 is 11.3 Å². The van der Waals surface area contributed by atoms with Crippen LogP contribution in [0.3, 0.4) is 0 Å². The van der Waals surface area contributed by atoms with E-state index in [-0.39, 0.29) is 0 Å². The lowest BCUT2D eigenvalue weighted by molar-refractivity contribution is 0.276. The predicted molar refractivity (Wildman–Crippen MR) is 73.4 cm³/mol. The van der Waals surface area contributed by atoms with Gasteiger partial charge in [-0.1, -0.05) is 13.3 Å². The summed E-state index contributed by atoms with van der Waals surface area (Å²) in [6.45, 7) is 8.80. The van der Waals surface area contributed by atoms with E-state index in [2.05, 4.69) is 29.5 Å². The fraction of sp³-hybridized carbons (Fsp3) is 0.769. The van der Waals surface area contributed by atoms with Crippen molar-refractivity contribution in [2.45, 2.75) is 39.7 Å². The molecule has 1 atom stereocenters. The Hall–Kier alpha value is -0.450. The molecule has 0 radical (unpaired) electrons. The largest absolute Gasteiger partial charge is 0.316 e. The lowest BCUT2D eigenvalue weighted by Crippen LogP contribution is -2.35. The molecule has 1 aliphatic rings. The monoisotopic (exact) mass is 253 g/mol. The highest BCUT2D eigenvalue weighted by Crippen LogP contribution is 2.30. The minimum atomic E-state index is 0.495. The van der Waals surface area contributed by atoms with Crippen LogP contribution in [0, 0.1) is 12.3 Å². The zero-order valence-electron chi connectivity index (χ0n) is 10.9. The quantitative estimate of drug-likeness (QED) is 0.817. The van der Waals surface area contributed by atoms with E-state index in [1.54, 1.807) is 11.3 Å². The molecule has 0 spiro atoms. The van der Waals surface area contributed by atoms with Crippen molar-refractivity contribution in [2.24, 2.45) is 5.41 Å². The number of nitrogens with one attached hydrogen (secondary N) is 2. The molecular formula is C13H23N3S. The highest BCUT2D eigenvalue weighted by Gasteiger charge is 2.32. The van der Waals surface area contributed by atoms with E-state index in [0.29, 0.717) is 5.41 Å². The van der Waals surface area contributed by atoms with Crippen LogP contribution in [-0.4, -0.2) is 24.6 Å². The van der Waals surface area contributed by atoms with Crippen LogP contribution >= 0.6 is 11.3 Å². The number of hydrogen-bond donors (Lipinski definition) is 2.